The molecule has 0 aliphatic carbocycles. The van der Waals surface area contributed by atoms with Gasteiger partial charge in [0.25, 0.3) is 0 Å². The van der Waals surface area contributed by atoms with E-state index in [1.807, 2.05) is 16.9 Å². The molecule has 1 unspecified atom stereocenters. The monoisotopic (exact) mass is 583 g/mol. The maximum atomic E-state index is 14.0. The summed E-state index contributed by atoms with van der Waals surface area (Å²) in [7, 11) is 0. The topological polar surface area (TPSA) is 125 Å². The number of likely N-dealkylation sites (tertiary alicyclic amines) is 1. The summed E-state index contributed by atoms with van der Waals surface area (Å²) in [5, 5.41) is 4.75. The molecular weight excluding hydrogens is 556 g/mol. The van der Waals surface area contributed by atoms with E-state index in [2.05, 4.69) is 15.1 Å². The van der Waals surface area contributed by atoms with Crippen molar-refractivity contribution in [2.45, 2.75) is 38.0 Å². The normalized spacial score (nSPS) is 15.6. The van der Waals surface area contributed by atoms with Crippen molar-refractivity contribution in [3.05, 3.63) is 88.3 Å². The van der Waals surface area contributed by atoms with Crippen LogP contribution in [0.25, 0.3) is 11.1 Å². The minimum absolute atomic E-state index is 0.101. The molecule has 3 aromatic heterocycles. The molecule has 1 amide bonds. The summed E-state index contributed by atoms with van der Waals surface area (Å²) in [6.45, 7) is 2.87. The molecular formula is C28H28Cl2FN7O2. The molecule has 0 saturated carbocycles. The lowest BCUT2D eigenvalue weighted by Crippen LogP contribution is -2.43. The van der Waals surface area contributed by atoms with Crippen LogP contribution in [-0.4, -0.2) is 43.6 Å². The molecule has 208 valence electrons. The van der Waals surface area contributed by atoms with Crippen LogP contribution in [0.2, 0.25) is 10.0 Å². The number of nitrogens with two attached hydrogens (primary N) is 2. The number of halogens is 3. The van der Waals surface area contributed by atoms with Crippen LogP contribution in [-0.2, 0) is 4.79 Å². The molecule has 5 rings (SSSR count). The SMILES string of the molecule is C[C@@H](Oc1cc(-c2cnn(C3CCN(C(=O)C(N)c4cccnc4)CC3)c2)cnc1N)c1c(Cl)ccc(F)c1Cl. The Balaban J connectivity index is 1.25. The number of pyridine rings is 2. The maximum absolute atomic E-state index is 14.0. The van der Waals surface area contributed by atoms with E-state index in [0.717, 1.165) is 24.0 Å². The summed E-state index contributed by atoms with van der Waals surface area (Å²) in [4.78, 5) is 23.0. The maximum Gasteiger partial charge on any atom is 0.244 e. The smallest absolute Gasteiger partial charge is 0.244 e. The molecule has 0 spiro atoms. The lowest BCUT2D eigenvalue weighted by atomic mass is 10.0. The van der Waals surface area contributed by atoms with E-state index in [1.54, 1.807) is 48.7 Å². The Hall–Kier alpha value is -3.73. The Morgan fingerprint density at radius 3 is 2.65 bits per heavy atom. The number of anilines is 1. The minimum Gasteiger partial charge on any atom is -0.482 e. The standard InChI is InChI=1S/C28H28Cl2FN7O2/c1-16(24-21(29)4-5-22(31)25(24)30)40-23-11-18(13-35-27(23)33)19-14-36-38(15-19)20-6-9-37(10-7-20)28(39)26(32)17-3-2-8-34-12-17/h2-5,8,11-16,20,26H,6-7,9-10,32H2,1H3,(H2,33,35)/t16-,26?/m1/s1. The number of carbonyl (C=O) groups excluding carboxylic acids is 1. The van der Waals surface area contributed by atoms with E-state index in [1.165, 1.54) is 12.1 Å². The predicted octanol–water partition coefficient (Wildman–Crippen LogP) is 5.37. The van der Waals surface area contributed by atoms with Gasteiger partial charge in [0.1, 0.15) is 18.0 Å². The second kappa shape index (κ2) is 11.8. The lowest BCUT2D eigenvalue weighted by molar-refractivity contribution is -0.134. The average molecular weight is 584 g/mol. The second-order valence-electron chi connectivity index (χ2n) is 9.65. The molecule has 9 nitrogen and oxygen atoms in total. The van der Waals surface area contributed by atoms with Gasteiger partial charge in [-0.1, -0.05) is 29.3 Å². The highest BCUT2D eigenvalue weighted by atomic mass is 35.5. The van der Waals surface area contributed by atoms with Gasteiger partial charge in [0.05, 0.1) is 17.3 Å². The van der Waals surface area contributed by atoms with Gasteiger partial charge in [-0.05, 0) is 49.6 Å². The van der Waals surface area contributed by atoms with E-state index < -0.39 is 18.0 Å². The fraction of sp³-hybridized carbons (Fsp3) is 0.286. The molecule has 2 atom stereocenters. The third kappa shape index (κ3) is 5.74. The summed E-state index contributed by atoms with van der Waals surface area (Å²) in [5.74, 6) is -0.211. The molecule has 4 aromatic rings. The number of amides is 1. The van der Waals surface area contributed by atoms with Crippen molar-refractivity contribution < 1.29 is 13.9 Å². The van der Waals surface area contributed by atoms with E-state index in [-0.39, 0.29) is 27.8 Å². The van der Waals surface area contributed by atoms with Crippen molar-refractivity contribution in [3.63, 3.8) is 0 Å². The van der Waals surface area contributed by atoms with Gasteiger partial charge >= 0.3 is 0 Å². The van der Waals surface area contributed by atoms with Crippen molar-refractivity contribution in [3.8, 4) is 16.9 Å². The van der Waals surface area contributed by atoms with Crippen LogP contribution in [0.5, 0.6) is 5.75 Å². The van der Waals surface area contributed by atoms with E-state index in [9.17, 15) is 9.18 Å². The minimum atomic E-state index is -0.730. The molecule has 4 heterocycles. The summed E-state index contributed by atoms with van der Waals surface area (Å²) in [6.07, 6.45) is 9.39. The van der Waals surface area contributed by atoms with Crippen molar-refractivity contribution in [2.75, 3.05) is 18.8 Å². The molecule has 12 heteroatoms. The van der Waals surface area contributed by atoms with Crippen LogP contribution in [0.1, 0.15) is 49.1 Å². The molecule has 1 aromatic carbocycles. The van der Waals surface area contributed by atoms with Gasteiger partial charge in [0, 0.05) is 59.6 Å². The Morgan fingerprint density at radius 1 is 1.15 bits per heavy atom. The van der Waals surface area contributed by atoms with Crippen LogP contribution in [0.15, 0.2) is 61.3 Å². The number of hydrogen-bond donors (Lipinski definition) is 2. The zero-order valence-corrected chi connectivity index (χ0v) is 23.2. The summed E-state index contributed by atoms with van der Waals surface area (Å²) in [6, 6.07) is 7.36. The number of hydrogen-bond acceptors (Lipinski definition) is 7. The number of nitrogens with zero attached hydrogens (tertiary/aromatic N) is 5. The Morgan fingerprint density at radius 2 is 1.93 bits per heavy atom. The Labute approximate surface area is 240 Å². The van der Waals surface area contributed by atoms with Crippen molar-refractivity contribution >= 4 is 34.9 Å². The van der Waals surface area contributed by atoms with E-state index in [0.29, 0.717) is 30.0 Å². The molecule has 1 saturated heterocycles. The zero-order valence-electron chi connectivity index (χ0n) is 21.7. The van der Waals surface area contributed by atoms with Crippen molar-refractivity contribution in [1.29, 1.82) is 0 Å². The van der Waals surface area contributed by atoms with E-state index >= 15 is 0 Å². The molecule has 4 N–H and O–H groups in total. The van der Waals surface area contributed by atoms with Crippen LogP contribution < -0.4 is 16.2 Å². The fourth-order valence-electron chi connectivity index (χ4n) is 4.81. The fourth-order valence-corrected chi connectivity index (χ4v) is 5.49. The summed E-state index contributed by atoms with van der Waals surface area (Å²) < 4.78 is 21.9. The first kappa shape index (κ1) is 27.8. The molecule has 1 aliphatic rings. The number of piperidine rings is 1. The largest absolute Gasteiger partial charge is 0.482 e. The number of ether oxygens (including phenoxy) is 1. The van der Waals surface area contributed by atoms with Crippen molar-refractivity contribution in [2.24, 2.45) is 5.73 Å². The number of aromatic nitrogens is 4. The highest BCUT2D eigenvalue weighted by Gasteiger charge is 2.28. The first-order valence-corrected chi connectivity index (χ1v) is 13.5. The van der Waals surface area contributed by atoms with Gasteiger partial charge in [-0.2, -0.15) is 5.10 Å². The number of rotatable bonds is 7. The van der Waals surface area contributed by atoms with Gasteiger partial charge in [0.15, 0.2) is 11.6 Å². The quantitative estimate of drug-likeness (QED) is 0.280. The number of carbonyl (C=O) groups is 1. The van der Waals surface area contributed by atoms with Gasteiger partial charge in [-0.25, -0.2) is 9.37 Å². The molecule has 1 aliphatic heterocycles. The van der Waals surface area contributed by atoms with Gasteiger partial charge in [-0.3, -0.25) is 14.5 Å². The summed E-state index contributed by atoms with van der Waals surface area (Å²) in [5.41, 5.74) is 14.9. The number of nitrogen functional groups attached to an aromatic ring is 1. The Bertz CT molecular complexity index is 1510. The van der Waals surface area contributed by atoms with Gasteiger partial charge in [-0.15, -0.1) is 0 Å². The molecule has 0 bridgehead atoms. The summed E-state index contributed by atoms with van der Waals surface area (Å²) >= 11 is 12.4. The first-order valence-electron chi connectivity index (χ1n) is 12.8. The molecule has 0 radical (unpaired) electrons. The van der Waals surface area contributed by atoms with Crippen molar-refractivity contribution in [1.82, 2.24) is 24.6 Å². The Kier molecular flexibility index (Phi) is 8.20. The molecule has 40 heavy (non-hydrogen) atoms. The van der Waals surface area contributed by atoms with Crippen LogP contribution in [0.3, 0.4) is 0 Å². The average Bonchev–Trinajstić information content (AvgIpc) is 3.47. The second-order valence-corrected chi connectivity index (χ2v) is 10.4. The van der Waals surface area contributed by atoms with Crippen LogP contribution in [0, 0.1) is 5.82 Å². The van der Waals surface area contributed by atoms with Crippen LogP contribution >= 0.6 is 23.2 Å². The lowest BCUT2D eigenvalue weighted by Gasteiger charge is -2.33. The van der Waals surface area contributed by atoms with Crippen LogP contribution in [0.4, 0.5) is 10.2 Å². The van der Waals surface area contributed by atoms with Gasteiger partial charge in [0.2, 0.25) is 5.91 Å². The highest BCUT2D eigenvalue weighted by Crippen LogP contribution is 2.37. The van der Waals surface area contributed by atoms with E-state index in [4.69, 9.17) is 39.4 Å². The third-order valence-electron chi connectivity index (χ3n) is 7.07. The van der Waals surface area contributed by atoms with Gasteiger partial charge < -0.3 is 21.1 Å². The predicted molar refractivity (Wildman–Crippen MR) is 151 cm³/mol. The number of benzene rings is 1. The molecule has 1 fully saturated rings. The zero-order chi connectivity index (χ0) is 28.4. The highest BCUT2D eigenvalue weighted by molar-refractivity contribution is 6.36. The third-order valence-corrected chi connectivity index (χ3v) is 7.78. The first-order chi connectivity index (χ1) is 19.2.